The number of benzene rings is 1. The minimum atomic E-state index is 0.274. The van der Waals surface area contributed by atoms with Crippen molar-refractivity contribution in [2.45, 2.75) is 31.2 Å². The largest absolute Gasteiger partial charge is 0.354 e. The topological polar surface area (TPSA) is 61.4 Å². The van der Waals surface area contributed by atoms with Gasteiger partial charge in [0.25, 0.3) is 0 Å². The van der Waals surface area contributed by atoms with Gasteiger partial charge in [-0.25, -0.2) is 9.97 Å². The highest BCUT2D eigenvalue weighted by Gasteiger charge is 2.44. The summed E-state index contributed by atoms with van der Waals surface area (Å²) < 4.78 is 0. The van der Waals surface area contributed by atoms with Gasteiger partial charge in [-0.05, 0) is 31.5 Å². The molecule has 0 unspecified atom stereocenters. The third-order valence-corrected chi connectivity index (χ3v) is 6.18. The van der Waals surface area contributed by atoms with Gasteiger partial charge in [-0.15, -0.1) is 0 Å². The predicted molar refractivity (Wildman–Crippen MR) is 110 cm³/mol. The number of fused-ring (bicyclic) bond motifs is 1. The van der Waals surface area contributed by atoms with Crippen LogP contribution in [-0.4, -0.2) is 64.9 Å². The zero-order valence-electron chi connectivity index (χ0n) is 16.5. The van der Waals surface area contributed by atoms with Crippen LogP contribution >= 0.6 is 0 Å². The van der Waals surface area contributed by atoms with Crippen molar-refractivity contribution in [3.05, 3.63) is 54.4 Å². The minimum Gasteiger partial charge on any atom is -0.354 e. The lowest BCUT2D eigenvalue weighted by Crippen LogP contribution is -2.48. The molecule has 0 radical (unpaired) electrons. The number of likely N-dealkylation sites (N-methyl/N-ethyl adjacent to an activating group) is 1. The second-order valence-corrected chi connectivity index (χ2v) is 7.92. The molecule has 2 aromatic rings. The highest BCUT2D eigenvalue weighted by Crippen LogP contribution is 2.40. The molecule has 28 heavy (non-hydrogen) atoms. The molecule has 0 bridgehead atoms. The fraction of sp³-hybridized carbons (Fsp3) is 0.500. The summed E-state index contributed by atoms with van der Waals surface area (Å²) in [5, 5.41) is 3.17. The Hall–Kier alpha value is -2.47. The van der Waals surface area contributed by atoms with E-state index in [4.69, 9.17) is 0 Å². The van der Waals surface area contributed by atoms with E-state index in [1.54, 1.807) is 18.5 Å². The number of piperidine rings is 1. The second kappa shape index (κ2) is 8.69. The maximum absolute atomic E-state index is 12.8. The van der Waals surface area contributed by atoms with Crippen LogP contribution in [0.25, 0.3) is 0 Å². The maximum Gasteiger partial charge on any atom is 0.222 e. The average Bonchev–Trinajstić information content (AvgIpc) is 3.08. The molecule has 1 aromatic carbocycles. The summed E-state index contributed by atoms with van der Waals surface area (Å²) in [7, 11) is 2.23. The number of rotatable bonds is 6. The van der Waals surface area contributed by atoms with Gasteiger partial charge in [-0.1, -0.05) is 30.3 Å². The molecule has 0 saturated carbocycles. The highest BCUT2D eigenvalue weighted by molar-refractivity contribution is 5.76. The fourth-order valence-corrected chi connectivity index (χ4v) is 4.76. The van der Waals surface area contributed by atoms with Gasteiger partial charge < -0.3 is 15.1 Å². The third kappa shape index (κ3) is 4.17. The molecule has 1 amide bonds. The molecule has 2 saturated heterocycles. The van der Waals surface area contributed by atoms with Gasteiger partial charge in [0.2, 0.25) is 11.9 Å². The van der Waals surface area contributed by atoms with E-state index in [2.05, 4.69) is 62.5 Å². The summed E-state index contributed by atoms with van der Waals surface area (Å²) in [6, 6.07) is 13.2. The van der Waals surface area contributed by atoms with Crippen LogP contribution in [0, 0.1) is 5.92 Å². The van der Waals surface area contributed by atoms with Gasteiger partial charge >= 0.3 is 0 Å². The third-order valence-electron chi connectivity index (χ3n) is 6.18. The molecule has 148 valence electrons. The molecular formula is C22H29N5O. The van der Waals surface area contributed by atoms with Crippen LogP contribution in [0.4, 0.5) is 5.95 Å². The molecule has 3 heterocycles. The zero-order valence-corrected chi connectivity index (χ0v) is 16.5. The van der Waals surface area contributed by atoms with E-state index < -0.39 is 0 Å². The number of nitrogens with one attached hydrogen (secondary N) is 1. The quantitative estimate of drug-likeness (QED) is 0.782. The Labute approximate surface area is 167 Å². The first kappa shape index (κ1) is 18.9. The number of likely N-dealkylation sites (tertiary alicyclic amines) is 2. The summed E-state index contributed by atoms with van der Waals surface area (Å²) in [4.78, 5) is 25.6. The molecule has 1 aromatic heterocycles. The number of nitrogens with zero attached hydrogens (tertiary/aromatic N) is 4. The molecular weight excluding hydrogens is 350 g/mol. The Morgan fingerprint density at radius 2 is 1.93 bits per heavy atom. The summed E-state index contributed by atoms with van der Waals surface area (Å²) in [5.74, 6) is 1.94. The first-order valence-electron chi connectivity index (χ1n) is 10.3. The van der Waals surface area contributed by atoms with Crippen LogP contribution in [0.3, 0.4) is 0 Å². The lowest BCUT2D eigenvalue weighted by Gasteiger charge is -2.38. The van der Waals surface area contributed by atoms with Crippen LogP contribution in [0.15, 0.2) is 48.8 Å². The van der Waals surface area contributed by atoms with E-state index in [0.29, 0.717) is 36.8 Å². The molecule has 2 aliphatic heterocycles. The van der Waals surface area contributed by atoms with Crippen molar-refractivity contribution in [1.29, 1.82) is 0 Å². The second-order valence-electron chi connectivity index (χ2n) is 7.92. The molecule has 6 nitrogen and oxygen atoms in total. The predicted octanol–water partition coefficient (Wildman–Crippen LogP) is 2.62. The standard InChI is InChI=1S/C22H29N5O/c1-26-15-18(17-7-3-2-4-8-17)19-16-27(14-10-20(19)26)21(28)9-5-11-23-22-24-12-6-13-25-22/h2-4,6-8,12-13,18-20H,5,9-11,14-16H2,1H3,(H,23,24,25)/t18-,19-,20-/m1/s1. The van der Waals surface area contributed by atoms with E-state index in [9.17, 15) is 4.79 Å². The van der Waals surface area contributed by atoms with Crippen molar-refractivity contribution in [3.63, 3.8) is 0 Å². The number of hydrogen-bond donors (Lipinski definition) is 1. The van der Waals surface area contributed by atoms with Crippen LogP contribution in [-0.2, 0) is 4.79 Å². The Kier molecular flexibility index (Phi) is 5.86. The van der Waals surface area contributed by atoms with Crippen LogP contribution in [0.1, 0.15) is 30.7 Å². The number of anilines is 1. The number of amides is 1. The lowest BCUT2D eigenvalue weighted by atomic mass is 9.81. The monoisotopic (exact) mass is 379 g/mol. The Morgan fingerprint density at radius 3 is 2.71 bits per heavy atom. The average molecular weight is 380 g/mol. The first-order valence-corrected chi connectivity index (χ1v) is 10.3. The van der Waals surface area contributed by atoms with Gasteiger partial charge in [-0.3, -0.25) is 4.79 Å². The normalized spacial score (nSPS) is 24.8. The molecule has 2 fully saturated rings. The zero-order chi connectivity index (χ0) is 19.3. The van der Waals surface area contributed by atoms with Gasteiger partial charge in [0.15, 0.2) is 0 Å². The number of aromatic nitrogens is 2. The van der Waals surface area contributed by atoms with Gasteiger partial charge in [-0.2, -0.15) is 0 Å². The van der Waals surface area contributed by atoms with Crippen molar-refractivity contribution in [1.82, 2.24) is 19.8 Å². The number of hydrogen-bond acceptors (Lipinski definition) is 5. The molecule has 2 aliphatic rings. The van der Waals surface area contributed by atoms with Crippen molar-refractivity contribution in [2.75, 3.05) is 38.5 Å². The minimum absolute atomic E-state index is 0.274. The molecule has 3 atom stereocenters. The van der Waals surface area contributed by atoms with E-state index >= 15 is 0 Å². The van der Waals surface area contributed by atoms with Crippen molar-refractivity contribution >= 4 is 11.9 Å². The molecule has 0 spiro atoms. The fourth-order valence-electron chi connectivity index (χ4n) is 4.76. The Balaban J connectivity index is 1.30. The maximum atomic E-state index is 12.8. The molecule has 4 rings (SSSR count). The van der Waals surface area contributed by atoms with Crippen LogP contribution < -0.4 is 5.32 Å². The molecule has 1 N–H and O–H groups in total. The number of carbonyl (C=O) groups excluding carboxylic acids is 1. The number of carbonyl (C=O) groups is 1. The van der Waals surface area contributed by atoms with Crippen molar-refractivity contribution in [2.24, 2.45) is 5.92 Å². The lowest BCUT2D eigenvalue weighted by molar-refractivity contribution is -0.133. The Bertz CT molecular complexity index is 769. The van der Waals surface area contributed by atoms with Gasteiger partial charge in [0.05, 0.1) is 0 Å². The van der Waals surface area contributed by atoms with E-state index in [1.165, 1.54) is 5.56 Å². The van der Waals surface area contributed by atoms with Crippen molar-refractivity contribution in [3.8, 4) is 0 Å². The molecule has 6 heteroatoms. The van der Waals surface area contributed by atoms with Crippen LogP contribution in [0.2, 0.25) is 0 Å². The smallest absolute Gasteiger partial charge is 0.222 e. The van der Waals surface area contributed by atoms with Gasteiger partial charge in [0, 0.05) is 62.9 Å². The molecule has 0 aliphatic carbocycles. The summed E-state index contributed by atoms with van der Waals surface area (Å²) in [5.41, 5.74) is 1.41. The van der Waals surface area contributed by atoms with E-state index in [0.717, 1.165) is 32.5 Å². The Morgan fingerprint density at radius 1 is 1.14 bits per heavy atom. The highest BCUT2D eigenvalue weighted by atomic mass is 16.2. The van der Waals surface area contributed by atoms with E-state index in [-0.39, 0.29) is 5.91 Å². The summed E-state index contributed by atoms with van der Waals surface area (Å²) in [6.07, 6.45) is 5.87. The first-order chi connectivity index (χ1) is 13.7. The summed E-state index contributed by atoms with van der Waals surface area (Å²) in [6.45, 7) is 3.55. The van der Waals surface area contributed by atoms with E-state index in [1.807, 2.05) is 0 Å². The van der Waals surface area contributed by atoms with Gasteiger partial charge in [0.1, 0.15) is 0 Å². The summed E-state index contributed by atoms with van der Waals surface area (Å²) >= 11 is 0. The van der Waals surface area contributed by atoms with Crippen molar-refractivity contribution < 1.29 is 4.79 Å². The SMILES string of the molecule is CN1C[C@H](c2ccccc2)[C@H]2CN(C(=O)CCCNc3ncccn3)CC[C@H]21. The van der Waals surface area contributed by atoms with Crippen LogP contribution in [0.5, 0.6) is 0 Å².